The molecule has 0 spiro atoms. The monoisotopic (exact) mass is 414 g/mol. The Morgan fingerprint density at radius 3 is 1.72 bits per heavy atom. The first kappa shape index (κ1) is 27.7. The van der Waals surface area contributed by atoms with Gasteiger partial charge in [0.25, 0.3) is 0 Å². The van der Waals surface area contributed by atoms with E-state index in [1.54, 1.807) is 0 Å². The number of hydrogen-bond donors (Lipinski definition) is 2. The number of amides is 2. The van der Waals surface area contributed by atoms with Crippen LogP contribution in [0, 0.1) is 0 Å². The first-order chi connectivity index (χ1) is 13.8. The minimum absolute atomic E-state index is 0.0939. The van der Waals surface area contributed by atoms with Crippen molar-refractivity contribution >= 4 is 12.0 Å². The molecular weight excluding hydrogens is 368 g/mol. The van der Waals surface area contributed by atoms with Crippen LogP contribution >= 0.6 is 0 Å². The smallest absolute Gasteiger partial charge is 0.407 e. The predicted octanol–water partition coefficient (Wildman–Crippen LogP) is 5.35. The van der Waals surface area contributed by atoms with E-state index in [0.29, 0.717) is 32.7 Å². The van der Waals surface area contributed by atoms with Crippen LogP contribution in [0.1, 0.15) is 105 Å². The van der Waals surface area contributed by atoms with Gasteiger partial charge in [-0.15, -0.1) is 0 Å². The molecule has 0 aromatic heterocycles. The normalized spacial score (nSPS) is 11.3. The Morgan fingerprint density at radius 2 is 1.21 bits per heavy atom. The molecule has 6 heteroatoms. The summed E-state index contributed by atoms with van der Waals surface area (Å²) in [6.45, 7) is 9.45. The maximum atomic E-state index is 11.8. The van der Waals surface area contributed by atoms with Crippen molar-refractivity contribution in [3.63, 3.8) is 0 Å². The minimum Gasteiger partial charge on any atom is -0.444 e. The molecule has 0 unspecified atom stereocenters. The second-order valence-corrected chi connectivity index (χ2v) is 8.68. The van der Waals surface area contributed by atoms with Gasteiger partial charge in [0.1, 0.15) is 5.60 Å². The lowest BCUT2D eigenvalue weighted by molar-refractivity contribution is -0.121. The van der Waals surface area contributed by atoms with Crippen molar-refractivity contribution < 1.29 is 19.1 Å². The topological polar surface area (TPSA) is 76.7 Å². The number of hydrogen-bond acceptors (Lipinski definition) is 4. The molecule has 0 aromatic rings. The van der Waals surface area contributed by atoms with E-state index < -0.39 is 11.7 Å². The highest BCUT2D eigenvalue weighted by atomic mass is 16.6. The summed E-state index contributed by atoms with van der Waals surface area (Å²) in [6, 6.07) is 0. The maximum absolute atomic E-state index is 11.8. The molecule has 0 heterocycles. The molecule has 0 aliphatic carbocycles. The van der Waals surface area contributed by atoms with Gasteiger partial charge in [0, 0.05) is 19.5 Å². The molecule has 0 bridgehead atoms. The summed E-state index contributed by atoms with van der Waals surface area (Å²) in [7, 11) is 0. The first-order valence-electron chi connectivity index (χ1n) is 11.7. The van der Waals surface area contributed by atoms with Crippen molar-refractivity contribution in [1.82, 2.24) is 10.6 Å². The lowest BCUT2D eigenvalue weighted by Crippen LogP contribution is -2.34. The molecular formula is C23H46N2O4. The molecule has 172 valence electrons. The minimum atomic E-state index is -0.497. The van der Waals surface area contributed by atoms with Gasteiger partial charge in [-0.25, -0.2) is 4.79 Å². The van der Waals surface area contributed by atoms with Crippen molar-refractivity contribution in [2.75, 3.05) is 26.3 Å². The predicted molar refractivity (Wildman–Crippen MR) is 119 cm³/mol. The number of carbonyl (C=O) groups is 2. The number of alkyl carbamates (subject to hydrolysis) is 1. The van der Waals surface area contributed by atoms with Crippen LogP contribution in [-0.2, 0) is 14.3 Å². The van der Waals surface area contributed by atoms with E-state index in [0.717, 1.165) is 12.8 Å². The van der Waals surface area contributed by atoms with Crippen molar-refractivity contribution in [1.29, 1.82) is 0 Å². The van der Waals surface area contributed by atoms with Crippen LogP contribution < -0.4 is 10.6 Å². The summed E-state index contributed by atoms with van der Waals surface area (Å²) < 4.78 is 10.5. The fourth-order valence-corrected chi connectivity index (χ4v) is 2.94. The summed E-state index contributed by atoms with van der Waals surface area (Å²) >= 11 is 0. The molecule has 0 fully saturated rings. The van der Waals surface area contributed by atoms with Gasteiger partial charge >= 0.3 is 6.09 Å². The van der Waals surface area contributed by atoms with E-state index in [-0.39, 0.29) is 5.91 Å². The van der Waals surface area contributed by atoms with Crippen LogP contribution in [-0.4, -0.2) is 43.9 Å². The molecule has 0 radical (unpaired) electrons. The van der Waals surface area contributed by atoms with E-state index in [4.69, 9.17) is 9.47 Å². The molecule has 0 atom stereocenters. The second-order valence-electron chi connectivity index (χ2n) is 8.68. The van der Waals surface area contributed by atoms with Crippen LogP contribution in [0.4, 0.5) is 4.79 Å². The summed E-state index contributed by atoms with van der Waals surface area (Å²) in [4.78, 5) is 23.2. The molecule has 0 saturated heterocycles. The van der Waals surface area contributed by atoms with Crippen molar-refractivity contribution in [3.05, 3.63) is 0 Å². The van der Waals surface area contributed by atoms with Gasteiger partial charge in [0.2, 0.25) is 5.91 Å². The van der Waals surface area contributed by atoms with Gasteiger partial charge in [-0.2, -0.15) is 0 Å². The maximum Gasteiger partial charge on any atom is 0.407 e. The molecule has 0 saturated carbocycles. The highest BCUT2D eigenvalue weighted by Crippen LogP contribution is 2.11. The Bertz CT molecular complexity index is 408. The van der Waals surface area contributed by atoms with Gasteiger partial charge in [-0.05, 0) is 27.2 Å². The Hall–Kier alpha value is -1.30. The van der Waals surface area contributed by atoms with Gasteiger partial charge < -0.3 is 20.1 Å². The number of nitrogens with one attached hydrogen (secondary N) is 2. The quantitative estimate of drug-likeness (QED) is 0.297. The van der Waals surface area contributed by atoms with E-state index in [9.17, 15) is 9.59 Å². The van der Waals surface area contributed by atoms with E-state index >= 15 is 0 Å². The third kappa shape index (κ3) is 22.8. The van der Waals surface area contributed by atoms with Crippen LogP contribution in [0.5, 0.6) is 0 Å². The Balaban J connectivity index is 3.29. The number of rotatable bonds is 18. The number of ether oxygens (including phenoxy) is 2. The number of carbonyl (C=O) groups excluding carboxylic acids is 2. The largest absolute Gasteiger partial charge is 0.444 e. The zero-order chi connectivity index (χ0) is 21.8. The molecule has 29 heavy (non-hydrogen) atoms. The van der Waals surface area contributed by atoms with Crippen LogP contribution in [0.15, 0.2) is 0 Å². The average Bonchev–Trinajstić information content (AvgIpc) is 2.64. The van der Waals surface area contributed by atoms with E-state index in [1.807, 2.05) is 20.8 Å². The highest BCUT2D eigenvalue weighted by Gasteiger charge is 2.15. The Labute approximate surface area is 178 Å². The first-order valence-corrected chi connectivity index (χ1v) is 11.7. The Morgan fingerprint density at radius 1 is 0.724 bits per heavy atom. The SMILES string of the molecule is CCCCCCCCCCCCCC(=O)NCCOCCNC(=O)OC(C)(C)C. The lowest BCUT2D eigenvalue weighted by Gasteiger charge is -2.19. The molecule has 0 rings (SSSR count). The molecule has 2 amide bonds. The fraction of sp³-hybridized carbons (Fsp3) is 0.913. The van der Waals surface area contributed by atoms with Crippen molar-refractivity contribution in [3.8, 4) is 0 Å². The summed E-state index contributed by atoms with van der Waals surface area (Å²) in [5, 5.41) is 5.50. The summed E-state index contributed by atoms with van der Waals surface area (Å²) in [5.41, 5.74) is -0.497. The third-order valence-electron chi connectivity index (χ3n) is 4.49. The molecule has 6 nitrogen and oxygen atoms in total. The highest BCUT2D eigenvalue weighted by molar-refractivity contribution is 5.75. The van der Waals surface area contributed by atoms with Crippen LogP contribution in [0.25, 0.3) is 0 Å². The summed E-state index contributed by atoms with van der Waals surface area (Å²) in [5.74, 6) is 0.0939. The molecule has 2 N–H and O–H groups in total. The zero-order valence-corrected chi connectivity index (χ0v) is 19.4. The molecule has 0 aliphatic heterocycles. The zero-order valence-electron chi connectivity index (χ0n) is 19.4. The van der Waals surface area contributed by atoms with Crippen molar-refractivity contribution in [2.45, 2.75) is 110 Å². The average molecular weight is 415 g/mol. The third-order valence-corrected chi connectivity index (χ3v) is 4.49. The summed E-state index contributed by atoms with van der Waals surface area (Å²) in [6.07, 6.45) is 14.3. The van der Waals surface area contributed by atoms with Crippen LogP contribution in [0.3, 0.4) is 0 Å². The standard InChI is InChI=1S/C23H46N2O4/c1-5-6-7-8-9-10-11-12-13-14-15-16-21(26)24-17-19-28-20-18-25-22(27)29-23(2,3)4/h5-20H2,1-4H3,(H,24,26)(H,25,27). The van der Waals surface area contributed by atoms with Crippen molar-refractivity contribution in [2.24, 2.45) is 0 Å². The van der Waals surface area contributed by atoms with Gasteiger partial charge in [-0.1, -0.05) is 71.1 Å². The van der Waals surface area contributed by atoms with E-state index in [2.05, 4.69) is 17.6 Å². The van der Waals surface area contributed by atoms with Crippen LogP contribution in [0.2, 0.25) is 0 Å². The molecule has 0 aromatic carbocycles. The van der Waals surface area contributed by atoms with Gasteiger partial charge in [0.05, 0.1) is 13.2 Å². The fourth-order valence-electron chi connectivity index (χ4n) is 2.94. The Kier molecular flexibility index (Phi) is 17.9. The number of unbranched alkanes of at least 4 members (excludes halogenated alkanes) is 10. The molecule has 0 aliphatic rings. The van der Waals surface area contributed by atoms with E-state index in [1.165, 1.54) is 57.8 Å². The van der Waals surface area contributed by atoms with Gasteiger partial charge in [-0.3, -0.25) is 4.79 Å². The van der Waals surface area contributed by atoms with Gasteiger partial charge in [0.15, 0.2) is 0 Å². The second kappa shape index (κ2) is 18.7. The lowest BCUT2D eigenvalue weighted by atomic mass is 10.1.